The molecular formula is C14H25N3O3S. The highest BCUT2D eigenvalue weighted by molar-refractivity contribution is 7.89. The van der Waals surface area contributed by atoms with Gasteiger partial charge in [-0.1, -0.05) is 0 Å². The Bertz CT molecular complexity index is 559. The molecule has 0 bridgehead atoms. The summed E-state index contributed by atoms with van der Waals surface area (Å²) in [6, 6.07) is 4.71. The number of rotatable bonds is 8. The minimum Gasteiger partial charge on any atom is -0.496 e. The van der Waals surface area contributed by atoms with E-state index < -0.39 is 10.0 Å². The molecule has 1 aromatic rings. The summed E-state index contributed by atoms with van der Waals surface area (Å²) in [4.78, 5) is 2.19. The van der Waals surface area contributed by atoms with E-state index in [9.17, 15) is 8.42 Å². The molecule has 6 nitrogen and oxygen atoms in total. The lowest BCUT2D eigenvalue weighted by Crippen LogP contribution is -2.39. The number of sulfonamides is 1. The Hall–Kier alpha value is -1.15. The molecule has 0 saturated carbocycles. The molecule has 1 aromatic carbocycles. The molecule has 1 atom stereocenters. The average molecular weight is 315 g/mol. The molecule has 7 heteroatoms. The maximum Gasteiger partial charge on any atom is 0.240 e. The summed E-state index contributed by atoms with van der Waals surface area (Å²) in [7, 11) is 3.65. The number of ether oxygens (including phenoxy) is 1. The highest BCUT2D eigenvalue weighted by Gasteiger charge is 2.19. The predicted molar refractivity (Wildman–Crippen MR) is 84.1 cm³/mol. The maximum absolute atomic E-state index is 12.4. The van der Waals surface area contributed by atoms with Crippen molar-refractivity contribution in [2.24, 2.45) is 0 Å². The van der Waals surface area contributed by atoms with Crippen LogP contribution in [0.5, 0.6) is 5.75 Å². The molecule has 0 fully saturated rings. The quantitative estimate of drug-likeness (QED) is 0.737. The molecule has 1 rings (SSSR count). The van der Waals surface area contributed by atoms with Crippen LogP contribution in [-0.2, 0) is 16.6 Å². The third-order valence-corrected chi connectivity index (χ3v) is 4.51. The molecule has 0 amide bonds. The molecule has 0 radical (unpaired) electrons. The number of nitrogens with one attached hydrogen (secondary N) is 2. The zero-order valence-corrected chi connectivity index (χ0v) is 14.1. The Morgan fingerprint density at radius 3 is 2.52 bits per heavy atom. The van der Waals surface area contributed by atoms with Gasteiger partial charge < -0.3 is 15.0 Å². The Balaban J connectivity index is 3.00. The Morgan fingerprint density at radius 1 is 1.33 bits per heavy atom. The minimum absolute atomic E-state index is 0.167. The topological polar surface area (TPSA) is 70.7 Å². The molecule has 0 saturated heterocycles. The second kappa shape index (κ2) is 7.74. The van der Waals surface area contributed by atoms with E-state index in [1.807, 2.05) is 25.9 Å². The van der Waals surface area contributed by atoms with Crippen LogP contribution in [0.2, 0.25) is 0 Å². The fourth-order valence-corrected chi connectivity index (χ4v) is 3.45. The summed E-state index contributed by atoms with van der Waals surface area (Å²) in [6.07, 6.45) is 0. The van der Waals surface area contributed by atoms with E-state index in [2.05, 4.69) is 10.0 Å². The normalized spacial score (nSPS) is 13.4. The van der Waals surface area contributed by atoms with Gasteiger partial charge in [0.2, 0.25) is 10.0 Å². The van der Waals surface area contributed by atoms with Gasteiger partial charge in [0, 0.05) is 24.7 Å². The van der Waals surface area contributed by atoms with Crippen LogP contribution in [-0.4, -0.2) is 54.2 Å². The molecular weight excluding hydrogens is 290 g/mol. The van der Waals surface area contributed by atoms with Gasteiger partial charge in [0.1, 0.15) is 5.75 Å². The maximum atomic E-state index is 12.4. The van der Waals surface area contributed by atoms with Crippen molar-refractivity contribution in [3.8, 4) is 5.75 Å². The van der Waals surface area contributed by atoms with Crippen LogP contribution in [0.25, 0.3) is 0 Å². The summed E-state index contributed by atoms with van der Waals surface area (Å²) < 4.78 is 32.7. The molecule has 0 aliphatic rings. The summed E-state index contributed by atoms with van der Waals surface area (Å²) in [5, 5.41) is 3.00. The number of nitrogens with zero attached hydrogens (tertiary/aromatic N) is 1. The van der Waals surface area contributed by atoms with Crippen LogP contribution in [0, 0.1) is 0 Å². The van der Waals surface area contributed by atoms with Crippen molar-refractivity contribution in [2.45, 2.75) is 24.4 Å². The molecule has 0 aliphatic carbocycles. The molecule has 0 heterocycles. The zero-order chi connectivity index (χ0) is 16.0. The lowest BCUT2D eigenvalue weighted by Gasteiger charge is -2.19. The smallest absolute Gasteiger partial charge is 0.240 e. The SMILES string of the molecule is CNCc1cc(S(=O)(=O)NC(C)CN(C)C)ccc1OC. The fraction of sp³-hybridized carbons (Fsp3) is 0.571. The Morgan fingerprint density at radius 2 is 2.00 bits per heavy atom. The molecule has 0 aliphatic heterocycles. The van der Waals surface area contributed by atoms with Gasteiger partial charge in [-0.15, -0.1) is 0 Å². The van der Waals surface area contributed by atoms with Crippen LogP contribution in [0.15, 0.2) is 23.1 Å². The van der Waals surface area contributed by atoms with E-state index >= 15 is 0 Å². The van der Waals surface area contributed by atoms with E-state index in [0.717, 1.165) is 5.56 Å². The van der Waals surface area contributed by atoms with Crippen molar-refractivity contribution in [3.05, 3.63) is 23.8 Å². The number of hydrogen-bond donors (Lipinski definition) is 2. The zero-order valence-electron chi connectivity index (χ0n) is 13.3. The van der Waals surface area contributed by atoms with Gasteiger partial charge in [0.15, 0.2) is 0 Å². The van der Waals surface area contributed by atoms with Crippen LogP contribution < -0.4 is 14.8 Å². The molecule has 21 heavy (non-hydrogen) atoms. The Kier molecular flexibility index (Phi) is 6.60. The number of methoxy groups -OCH3 is 1. The van der Waals surface area contributed by atoms with E-state index in [1.165, 1.54) is 0 Å². The second-order valence-corrected chi connectivity index (χ2v) is 7.00. The van der Waals surface area contributed by atoms with Crippen LogP contribution in [0.4, 0.5) is 0 Å². The average Bonchev–Trinajstić information content (AvgIpc) is 2.37. The summed E-state index contributed by atoms with van der Waals surface area (Å²) in [5.74, 6) is 0.671. The lowest BCUT2D eigenvalue weighted by atomic mass is 10.2. The fourth-order valence-electron chi connectivity index (χ4n) is 2.17. The summed E-state index contributed by atoms with van der Waals surface area (Å²) in [5.41, 5.74) is 0.808. The largest absolute Gasteiger partial charge is 0.496 e. The van der Waals surface area contributed by atoms with Crippen molar-refractivity contribution >= 4 is 10.0 Å². The van der Waals surface area contributed by atoms with E-state index in [4.69, 9.17) is 4.74 Å². The predicted octanol–water partition coefficient (Wildman–Crippen LogP) is 0.643. The highest BCUT2D eigenvalue weighted by atomic mass is 32.2. The second-order valence-electron chi connectivity index (χ2n) is 5.29. The van der Waals surface area contributed by atoms with Gasteiger partial charge in [-0.05, 0) is 46.3 Å². The van der Waals surface area contributed by atoms with Crippen molar-refractivity contribution in [2.75, 3.05) is 34.8 Å². The molecule has 2 N–H and O–H groups in total. The monoisotopic (exact) mass is 315 g/mol. The van der Waals surface area contributed by atoms with Gasteiger partial charge in [-0.3, -0.25) is 0 Å². The standard InChI is InChI=1S/C14H25N3O3S/c1-11(10-17(3)4)16-21(18,19)13-6-7-14(20-5)12(8-13)9-15-2/h6-8,11,15-16H,9-10H2,1-5H3. The highest BCUT2D eigenvalue weighted by Crippen LogP contribution is 2.22. The molecule has 120 valence electrons. The number of hydrogen-bond acceptors (Lipinski definition) is 5. The molecule has 0 spiro atoms. The first-order valence-corrected chi connectivity index (χ1v) is 8.27. The van der Waals surface area contributed by atoms with Crippen LogP contribution in [0.1, 0.15) is 12.5 Å². The third-order valence-electron chi connectivity index (χ3n) is 2.92. The van der Waals surface area contributed by atoms with Crippen LogP contribution in [0.3, 0.4) is 0 Å². The lowest BCUT2D eigenvalue weighted by molar-refractivity contribution is 0.370. The van der Waals surface area contributed by atoms with Crippen molar-refractivity contribution < 1.29 is 13.2 Å². The van der Waals surface area contributed by atoms with Gasteiger partial charge >= 0.3 is 0 Å². The van der Waals surface area contributed by atoms with Gasteiger partial charge in [-0.25, -0.2) is 13.1 Å². The van der Waals surface area contributed by atoms with E-state index in [1.54, 1.807) is 32.4 Å². The first kappa shape index (κ1) is 17.9. The summed E-state index contributed by atoms with van der Waals surface area (Å²) in [6.45, 7) is 3.02. The first-order valence-electron chi connectivity index (χ1n) is 6.78. The van der Waals surface area contributed by atoms with Crippen molar-refractivity contribution in [1.82, 2.24) is 14.9 Å². The van der Waals surface area contributed by atoms with E-state index in [0.29, 0.717) is 18.8 Å². The number of likely N-dealkylation sites (N-methyl/N-ethyl adjacent to an activating group) is 1. The van der Waals surface area contributed by atoms with Gasteiger partial charge in [-0.2, -0.15) is 0 Å². The van der Waals surface area contributed by atoms with Crippen molar-refractivity contribution in [1.29, 1.82) is 0 Å². The number of benzene rings is 1. The minimum atomic E-state index is -3.53. The summed E-state index contributed by atoms with van der Waals surface area (Å²) >= 11 is 0. The Labute approximate surface area is 127 Å². The van der Waals surface area contributed by atoms with Crippen molar-refractivity contribution in [3.63, 3.8) is 0 Å². The van der Waals surface area contributed by atoms with E-state index in [-0.39, 0.29) is 10.9 Å². The molecule has 1 unspecified atom stereocenters. The first-order chi connectivity index (χ1) is 9.80. The third kappa shape index (κ3) is 5.28. The van der Waals surface area contributed by atoms with Gasteiger partial charge in [0.25, 0.3) is 0 Å². The van der Waals surface area contributed by atoms with Gasteiger partial charge in [0.05, 0.1) is 12.0 Å². The van der Waals surface area contributed by atoms with Crippen LogP contribution >= 0.6 is 0 Å². The molecule has 0 aromatic heterocycles.